The van der Waals surface area contributed by atoms with Crippen molar-refractivity contribution in [2.24, 2.45) is 5.73 Å². The standard InChI is InChI=1S/C18H19N3O8S2/c1-11(2)28-13-4-6-14(7-5-13)29-31(26,27)15-8-3-12(16(9-15)21(24)25)10-20(17(19)30)18(22)23/h3-9,11H,10H2,1-2H3,(H2,19,30)(H,22,23). The molecule has 0 spiro atoms. The van der Waals surface area contributed by atoms with Crippen LogP contribution in [0.2, 0.25) is 0 Å². The number of hydrogen-bond donors (Lipinski definition) is 2. The molecule has 0 aliphatic carbocycles. The summed E-state index contributed by atoms with van der Waals surface area (Å²) in [5.74, 6) is 0.494. The highest BCUT2D eigenvalue weighted by atomic mass is 32.2. The number of nitro groups is 1. The van der Waals surface area contributed by atoms with Gasteiger partial charge in [-0.2, -0.15) is 8.42 Å². The number of nitro benzene ring substituents is 1. The van der Waals surface area contributed by atoms with Crippen molar-refractivity contribution in [1.82, 2.24) is 4.90 Å². The number of rotatable bonds is 8. The van der Waals surface area contributed by atoms with E-state index in [2.05, 4.69) is 12.2 Å². The van der Waals surface area contributed by atoms with E-state index in [1.165, 1.54) is 24.3 Å². The number of hydrogen-bond acceptors (Lipinski definition) is 8. The van der Waals surface area contributed by atoms with Crippen molar-refractivity contribution < 1.29 is 32.2 Å². The summed E-state index contributed by atoms with van der Waals surface area (Å²) in [5.41, 5.74) is 4.58. The Morgan fingerprint density at radius 1 is 1.23 bits per heavy atom. The van der Waals surface area contributed by atoms with Crippen molar-refractivity contribution in [3.05, 3.63) is 58.1 Å². The average Bonchev–Trinajstić information content (AvgIpc) is 2.66. The van der Waals surface area contributed by atoms with E-state index in [0.717, 1.165) is 18.2 Å². The number of carboxylic acid groups (broad SMARTS) is 1. The number of ether oxygens (including phenoxy) is 1. The Bertz CT molecular complexity index is 1090. The number of nitrogens with zero attached hydrogens (tertiary/aromatic N) is 2. The lowest BCUT2D eigenvalue weighted by Crippen LogP contribution is -2.39. The Labute approximate surface area is 183 Å². The van der Waals surface area contributed by atoms with Crippen LogP contribution in [0.1, 0.15) is 19.4 Å². The molecule has 3 N–H and O–H groups in total. The van der Waals surface area contributed by atoms with Crippen LogP contribution in [-0.4, -0.2) is 40.7 Å². The van der Waals surface area contributed by atoms with Crippen LogP contribution in [0.25, 0.3) is 0 Å². The first-order valence-electron chi connectivity index (χ1n) is 8.69. The average molecular weight is 469 g/mol. The normalized spacial score (nSPS) is 11.1. The summed E-state index contributed by atoms with van der Waals surface area (Å²) in [6.45, 7) is 3.14. The molecule has 0 heterocycles. The molecule has 1 amide bonds. The summed E-state index contributed by atoms with van der Waals surface area (Å²) in [5, 5.41) is 20.0. The molecule has 0 saturated heterocycles. The van der Waals surface area contributed by atoms with E-state index in [-0.39, 0.29) is 17.4 Å². The lowest BCUT2D eigenvalue weighted by molar-refractivity contribution is -0.385. The zero-order valence-electron chi connectivity index (χ0n) is 16.4. The van der Waals surface area contributed by atoms with Gasteiger partial charge in [-0.3, -0.25) is 10.1 Å². The van der Waals surface area contributed by atoms with Crippen molar-refractivity contribution in [1.29, 1.82) is 0 Å². The summed E-state index contributed by atoms with van der Waals surface area (Å²) in [4.78, 5) is 21.8. The quantitative estimate of drug-likeness (QED) is 0.254. The Balaban J connectivity index is 2.32. The van der Waals surface area contributed by atoms with Gasteiger partial charge in [0.25, 0.3) is 5.69 Å². The van der Waals surface area contributed by atoms with Crippen molar-refractivity contribution in [2.75, 3.05) is 0 Å². The van der Waals surface area contributed by atoms with Gasteiger partial charge in [-0.25, -0.2) is 9.69 Å². The van der Waals surface area contributed by atoms with Crippen molar-refractivity contribution >= 4 is 39.2 Å². The summed E-state index contributed by atoms with van der Waals surface area (Å²) >= 11 is 4.62. The van der Waals surface area contributed by atoms with E-state index in [0.29, 0.717) is 10.6 Å². The van der Waals surface area contributed by atoms with Crippen LogP contribution in [0, 0.1) is 10.1 Å². The van der Waals surface area contributed by atoms with Gasteiger partial charge in [-0.1, -0.05) is 0 Å². The molecule has 2 aromatic carbocycles. The minimum atomic E-state index is -4.41. The predicted molar refractivity (Wildman–Crippen MR) is 113 cm³/mol. The second-order valence-corrected chi connectivity index (χ2v) is 8.39. The summed E-state index contributed by atoms with van der Waals surface area (Å²) in [6.07, 6.45) is -1.58. The highest BCUT2D eigenvalue weighted by molar-refractivity contribution is 7.87. The zero-order valence-corrected chi connectivity index (χ0v) is 18.1. The molecule has 2 rings (SSSR count). The van der Waals surface area contributed by atoms with Crippen LogP contribution in [0.4, 0.5) is 10.5 Å². The summed E-state index contributed by atoms with van der Waals surface area (Å²) < 4.78 is 35.6. The molecule has 31 heavy (non-hydrogen) atoms. The third-order valence-electron chi connectivity index (χ3n) is 3.77. The van der Waals surface area contributed by atoms with Gasteiger partial charge in [0, 0.05) is 11.6 Å². The van der Waals surface area contributed by atoms with E-state index in [1.54, 1.807) is 0 Å². The van der Waals surface area contributed by atoms with Crippen molar-refractivity contribution in [2.45, 2.75) is 31.4 Å². The minimum Gasteiger partial charge on any atom is -0.491 e. The topological polar surface area (TPSA) is 162 Å². The Hall–Kier alpha value is -3.45. The fourth-order valence-corrected chi connectivity index (χ4v) is 3.53. The minimum absolute atomic E-state index is 0.0200. The summed E-state index contributed by atoms with van der Waals surface area (Å²) in [7, 11) is -4.41. The van der Waals surface area contributed by atoms with E-state index < -0.39 is 43.4 Å². The maximum Gasteiger partial charge on any atom is 0.413 e. The number of benzene rings is 2. The molecule has 0 aliphatic rings. The molecule has 0 aromatic heterocycles. The van der Waals surface area contributed by atoms with Gasteiger partial charge in [-0.15, -0.1) is 0 Å². The highest BCUT2D eigenvalue weighted by Gasteiger charge is 2.26. The first-order chi connectivity index (χ1) is 14.4. The van der Waals surface area contributed by atoms with Crippen molar-refractivity contribution in [3.63, 3.8) is 0 Å². The van der Waals surface area contributed by atoms with E-state index in [1.807, 2.05) is 13.8 Å². The summed E-state index contributed by atoms with van der Waals surface area (Å²) in [6, 6.07) is 8.74. The van der Waals surface area contributed by atoms with Crippen molar-refractivity contribution in [3.8, 4) is 11.5 Å². The largest absolute Gasteiger partial charge is 0.491 e. The van der Waals surface area contributed by atoms with Gasteiger partial charge in [-0.05, 0) is 62.5 Å². The Morgan fingerprint density at radius 3 is 2.29 bits per heavy atom. The van der Waals surface area contributed by atoms with Crippen LogP contribution in [0.15, 0.2) is 47.4 Å². The molecule has 0 fully saturated rings. The Kier molecular flexibility index (Phi) is 7.36. The van der Waals surface area contributed by atoms with Gasteiger partial charge in [0.15, 0.2) is 5.11 Å². The monoisotopic (exact) mass is 469 g/mol. The van der Waals surface area contributed by atoms with Crippen LogP contribution < -0.4 is 14.7 Å². The van der Waals surface area contributed by atoms with Gasteiger partial charge >= 0.3 is 16.2 Å². The van der Waals surface area contributed by atoms with Gasteiger partial charge in [0.05, 0.1) is 17.6 Å². The molecule has 0 bridgehead atoms. The molecule has 0 atom stereocenters. The SMILES string of the molecule is CC(C)Oc1ccc(OS(=O)(=O)c2ccc(CN(C(=O)O)C(N)=S)c([N+](=O)[O-])c2)cc1. The number of nitrogens with two attached hydrogens (primary N) is 1. The molecule has 11 nitrogen and oxygen atoms in total. The number of thiocarbonyl (C=S) groups is 1. The number of carbonyl (C=O) groups is 1. The molecule has 0 aliphatic heterocycles. The third kappa shape index (κ3) is 6.26. The second-order valence-electron chi connectivity index (χ2n) is 6.43. The highest BCUT2D eigenvalue weighted by Crippen LogP contribution is 2.27. The molecule has 13 heteroatoms. The maximum absolute atomic E-state index is 12.6. The fraction of sp³-hybridized carbons (Fsp3) is 0.222. The second kappa shape index (κ2) is 9.57. The molecule has 0 saturated carbocycles. The van der Waals surface area contributed by atoms with Gasteiger partial charge in [0.1, 0.15) is 16.4 Å². The first kappa shape index (κ1) is 23.8. The first-order valence-corrected chi connectivity index (χ1v) is 10.5. The lowest BCUT2D eigenvalue weighted by atomic mass is 10.1. The Morgan fingerprint density at radius 2 is 1.81 bits per heavy atom. The molecule has 2 aromatic rings. The van der Waals surface area contributed by atoms with Crippen LogP contribution in [-0.2, 0) is 16.7 Å². The smallest absolute Gasteiger partial charge is 0.413 e. The van der Waals surface area contributed by atoms with E-state index in [4.69, 9.17) is 19.8 Å². The van der Waals surface area contributed by atoms with Crippen LogP contribution >= 0.6 is 12.2 Å². The fourth-order valence-electron chi connectivity index (χ4n) is 2.43. The lowest BCUT2D eigenvalue weighted by Gasteiger charge is -2.17. The van der Waals surface area contributed by atoms with E-state index in [9.17, 15) is 23.3 Å². The van der Waals surface area contributed by atoms with Gasteiger partial charge in [0.2, 0.25) is 0 Å². The molecule has 0 radical (unpaired) electrons. The van der Waals surface area contributed by atoms with Gasteiger partial charge < -0.3 is 19.8 Å². The van der Waals surface area contributed by atoms with Crippen LogP contribution in [0.3, 0.4) is 0 Å². The van der Waals surface area contributed by atoms with E-state index >= 15 is 0 Å². The molecule has 166 valence electrons. The third-order valence-corrected chi connectivity index (χ3v) is 5.23. The molecular weight excluding hydrogens is 450 g/mol. The molecular formula is C18H19N3O8S2. The number of amides is 1. The van der Waals surface area contributed by atoms with Crippen LogP contribution in [0.5, 0.6) is 11.5 Å². The zero-order chi connectivity index (χ0) is 23.3. The maximum atomic E-state index is 12.6. The molecule has 0 unspecified atom stereocenters. The predicted octanol–water partition coefficient (Wildman–Crippen LogP) is 2.87.